The van der Waals surface area contributed by atoms with Crippen LogP contribution in [0.4, 0.5) is 0 Å². The lowest BCUT2D eigenvalue weighted by atomic mass is 9.79. The minimum absolute atomic E-state index is 0.0302. The van der Waals surface area contributed by atoms with Gasteiger partial charge in [0, 0.05) is 24.1 Å². The third kappa shape index (κ3) is 1.64. The summed E-state index contributed by atoms with van der Waals surface area (Å²) in [5, 5.41) is 0. The van der Waals surface area contributed by atoms with Gasteiger partial charge in [0.15, 0.2) is 12.1 Å². The molecule has 0 aromatic carbocycles. The van der Waals surface area contributed by atoms with Crippen molar-refractivity contribution < 1.29 is 14.3 Å². The van der Waals surface area contributed by atoms with Crippen molar-refractivity contribution >= 4 is 5.78 Å². The Kier molecular flexibility index (Phi) is 2.67. The molecule has 116 valence electrons. The molecule has 3 aliphatic heterocycles. The number of carbonyl (C=O) groups is 1. The van der Waals surface area contributed by atoms with Gasteiger partial charge in [-0.3, -0.25) is 9.69 Å². The van der Waals surface area contributed by atoms with Crippen molar-refractivity contribution in [3.8, 4) is 0 Å². The summed E-state index contributed by atoms with van der Waals surface area (Å²) < 4.78 is 12.0. The van der Waals surface area contributed by atoms with Gasteiger partial charge in [0.05, 0.1) is 12.1 Å². The lowest BCUT2D eigenvalue weighted by Gasteiger charge is -2.33. The maximum atomic E-state index is 12.4. The van der Waals surface area contributed by atoms with E-state index in [4.69, 9.17) is 9.47 Å². The first-order chi connectivity index (χ1) is 10.2. The van der Waals surface area contributed by atoms with Crippen LogP contribution in [0.2, 0.25) is 0 Å². The molecule has 5 rings (SSSR count). The Morgan fingerprint density at radius 1 is 1.29 bits per heavy atom. The van der Waals surface area contributed by atoms with Gasteiger partial charge in [-0.05, 0) is 57.8 Å². The Morgan fingerprint density at radius 3 is 3.00 bits per heavy atom. The highest BCUT2D eigenvalue weighted by Crippen LogP contribution is 2.67. The molecule has 0 aromatic heterocycles. The van der Waals surface area contributed by atoms with Crippen LogP contribution in [0.15, 0.2) is 0 Å². The van der Waals surface area contributed by atoms with E-state index in [9.17, 15) is 4.79 Å². The molecule has 2 bridgehead atoms. The minimum Gasteiger partial charge on any atom is -0.353 e. The molecule has 1 spiro atoms. The number of fused-ring (bicyclic) bond motifs is 2. The lowest BCUT2D eigenvalue weighted by Crippen LogP contribution is -2.40. The van der Waals surface area contributed by atoms with Crippen molar-refractivity contribution in [1.29, 1.82) is 0 Å². The molecule has 8 unspecified atom stereocenters. The molecule has 2 saturated carbocycles. The van der Waals surface area contributed by atoms with E-state index in [0.717, 1.165) is 38.7 Å². The normalized spacial score (nSPS) is 58.0. The minimum atomic E-state index is 0.0302. The maximum absolute atomic E-state index is 12.4. The number of ketones is 1. The van der Waals surface area contributed by atoms with Crippen LogP contribution in [-0.2, 0) is 14.3 Å². The van der Waals surface area contributed by atoms with Gasteiger partial charge < -0.3 is 9.47 Å². The summed E-state index contributed by atoms with van der Waals surface area (Å²) in [5.41, 5.74) is 0.394. The van der Waals surface area contributed by atoms with Crippen LogP contribution in [-0.4, -0.2) is 47.3 Å². The quantitative estimate of drug-likeness (QED) is 0.731. The number of Topliss-reactive ketones (excluding diaryl/α,β-unsaturated/α-hetero) is 1. The number of ether oxygens (including phenoxy) is 2. The molecule has 0 amide bonds. The van der Waals surface area contributed by atoms with Crippen LogP contribution < -0.4 is 0 Å². The van der Waals surface area contributed by atoms with Crippen LogP contribution in [0, 0.1) is 11.8 Å². The van der Waals surface area contributed by atoms with Gasteiger partial charge >= 0.3 is 0 Å². The van der Waals surface area contributed by atoms with Crippen molar-refractivity contribution in [2.75, 3.05) is 6.61 Å². The highest BCUT2D eigenvalue weighted by molar-refractivity contribution is 5.89. The second-order valence-corrected chi connectivity index (χ2v) is 7.85. The monoisotopic (exact) mass is 291 g/mol. The van der Waals surface area contributed by atoms with Gasteiger partial charge in [0.25, 0.3) is 0 Å². The van der Waals surface area contributed by atoms with Gasteiger partial charge in [0.1, 0.15) is 0 Å². The summed E-state index contributed by atoms with van der Waals surface area (Å²) in [5.74, 6) is 1.53. The smallest absolute Gasteiger partial charge is 0.157 e. The summed E-state index contributed by atoms with van der Waals surface area (Å²) in [6, 6.07) is 0.764. The largest absolute Gasteiger partial charge is 0.353 e. The maximum Gasteiger partial charge on any atom is 0.157 e. The summed E-state index contributed by atoms with van der Waals surface area (Å²) in [6.45, 7) is 2.98. The van der Waals surface area contributed by atoms with Crippen LogP contribution in [0.3, 0.4) is 0 Å². The first-order valence-corrected chi connectivity index (χ1v) is 8.79. The van der Waals surface area contributed by atoms with Crippen LogP contribution in [0.25, 0.3) is 0 Å². The molecule has 2 aliphatic carbocycles. The van der Waals surface area contributed by atoms with Gasteiger partial charge in [0.2, 0.25) is 0 Å². The van der Waals surface area contributed by atoms with Crippen molar-refractivity contribution in [1.82, 2.24) is 4.90 Å². The molecule has 3 heterocycles. The van der Waals surface area contributed by atoms with Crippen molar-refractivity contribution in [3.05, 3.63) is 0 Å². The average Bonchev–Trinajstić information content (AvgIpc) is 3.00. The first kappa shape index (κ1) is 13.0. The number of piperidine rings is 1. The van der Waals surface area contributed by atoms with E-state index in [0.29, 0.717) is 35.3 Å². The predicted octanol–water partition coefficient (Wildman–Crippen LogP) is 2.11. The van der Waals surface area contributed by atoms with E-state index < -0.39 is 0 Å². The molecule has 5 fully saturated rings. The van der Waals surface area contributed by atoms with Crippen molar-refractivity contribution in [3.63, 3.8) is 0 Å². The number of hydrogen-bond acceptors (Lipinski definition) is 4. The van der Waals surface area contributed by atoms with Crippen LogP contribution in [0.5, 0.6) is 0 Å². The topological polar surface area (TPSA) is 38.5 Å². The Labute approximate surface area is 126 Å². The molecule has 4 heteroatoms. The average molecular weight is 291 g/mol. The Balaban J connectivity index is 1.32. The van der Waals surface area contributed by atoms with E-state index in [1.165, 1.54) is 12.8 Å². The lowest BCUT2D eigenvalue weighted by molar-refractivity contribution is -0.195. The molecule has 8 atom stereocenters. The van der Waals surface area contributed by atoms with Crippen molar-refractivity contribution in [2.45, 2.75) is 81.9 Å². The number of hydrogen-bond donors (Lipinski definition) is 0. The van der Waals surface area contributed by atoms with Crippen molar-refractivity contribution in [2.24, 2.45) is 11.8 Å². The zero-order chi connectivity index (χ0) is 14.2. The van der Waals surface area contributed by atoms with Crippen LogP contribution in [0.1, 0.15) is 51.9 Å². The van der Waals surface area contributed by atoms with Crippen LogP contribution >= 0.6 is 0 Å². The molecule has 3 saturated heterocycles. The molecule has 5 aliphatic rings. The fraction of sp³-hybridized carbons (Fsp3) is 0.941. The molecular weight excluding hydrogens is 266 g/mol. The van der Waals surface area contributed by atoms with Gasteiger partial charge in [-0.1, -0.05) is 0 Å². The molecule has 0 N–H and O–H groups in total. The fourth-order valence-corrected chi connectivity index (χ4v) is 6.10. The SMILES string of the molecule is CC1C(=O)C2CC3CC(OC4CCCCO4)CC4N1C34C2. The summed E-state index contributed by atoms with van der Waals surface area (Å²) in [7, 11) is 0. The fourth-order valence-electron chi connectivity index (χ4n) is 6.10. The molecule has 0 aromatic rings. The second kappa shape index (κ2) is 4.30. The molecule has 0 radical (unpaired) electrons. The number of carbonyl (C=O) groups excluding carboxylic acids is 1. The summed E-state index contributed by atoms with van der Waals surface area (Å²) in [6.07, 6.45) is 8.34. The van der Waals surface area contributed by atoms with E-state index in [1.54, 1.807) is 0 Å². The number of nitrogens with zero attached hydrogens (tertiary/aromatic N) is 1. The standard InChI is InChI=1S/C17H25NO3/c1-10-16(19)11-6-12-7-13(21-15-4-2-3-5-20-15)8-14-17(12,9-11)18(10)14/h10-15H,2-9H2,1H3. The number of rotatable bonds is 2. The van der Waals surface area contributed by atoms with E-state index in [1.807, 2.05) is 0 Å². The van der Waals surface area contributed by atoms with Gasteiger partial charge in [-0.25, -0.2) is 0 Å². The Bertz CT molecular complexity index is 471. The summed E-state index contributed by atoms with van der Waals surface area (Å²) in [4.78, 5) is 14.9. The third-order valence-corrected chi connectivity index (χ3v) is 6.92. The highest BCUT2D eigenvalue weighted by atomic mass is 16.7. The summed E-state index contributed by atoms with van der Waals surface area (Å²) >= 11 is 0. The van der Waals surface area contributed by atoms with E-state index >= 15 is 0 Å². The Hall–Kier alpha value is -0.450. The zero-order valence-corrected chi connectivity index (χ0v) is 12.8. The third-order valence-electron chi connectivity index (χ3n) is 6.92. The molecule has 21 heavy (non-hydrogen) atoms. The zero-order valence-electron chi connectivity index (χ0n) is 12.8. The van der Waals surface area contributed by atoms with Gasteiger partial charge in [-0.15, -0.1) is 0 Å². The highest BCUT2D eigenvalue weighted by Gasteiger charge is 2.76. The molecular formula is C17H25NO3. The van der Waals surface area contributed by atoms with Gasteiger partial charge in [-0.2, -0.15) is 0 Å². The predicted molar refractivity (Wildman–Crippen MR) is 76.7 cm³/mol. The van der Waals surface area contributed by atoms with E-state index in [-0.39, 0.29) is 12.3 Å². The second-order valence-electron chi connectivity index (χ2n) is 7.85. The first-order valence-electron chi connectivity index (χ1n) is 8.79. The molecule has 4 nitrogen and oxygen atoms in total. The Morgan fingerprint density at radius 2 is 2.19 bits per heavy atom. The van der Waals surface area contributed by atoms with E-state index in [2.05, 4.69) is 11.8 Å².